The molecule has 1 aromatic carbocycles. The molecule has 0 aliphatic carbocycles. The van der Waals surface area contributed by atoms with Crippen LogP contribution < -0.4 is 4.74 Å². The van der Waals surface area contributed by atoms with E-state index in [1.165, 1.54) is 0 Å². The molecule has 6 heteroatoms. The summed E-state index contributed by atoms with van der Waals surface area (Å²) in [4.78, 5) is 10.8. The molecule has 0 N–H and O–H groups in total. The SMILES string of the molecule is COCCOCOc1c(Cl)cc(Br)cc1C=O. The summed E-state index contributed by atoms with van der Waals surface area (Å²) in [6, 6.07) is 3.28. The van der Waals surface area contributed by atoms with Crippen molar-refractivity contribution in [2.45, 2.75) is 0 Å². The maximum Gasteiger partial charge on any atom is 0.189 e. The summed E-state index contributed by atoms with van der Waals surface area (Å²) >= 11 is 9.20. The van der Waals surface area contributed by atoms with Crippen molar-refractivity contribution >= 4 is 33.8 Å². The van der Waals surface area contributed by atoms with Gasteiger partial charge in [-0.25, -0.2) is 0 Å². The fraction of sp³-hybridized carbons (Fsp3) is 0.364. The van der Waals surface area contributed by atoms with Crippen LogP contribution >= 0.6 is 27.5 Å². The molecule has 17 heavy (non-hydrogen) atoms. The standard InChI is InChI=1S/C11H12BrClO4/c1-15-2-3-16-7-17-11-8(6-14)4-9(12)5-10(11)13/h4-6H,2-3,7H2,1H3. The van der Waals surface area contributed by atoms with Gasteiger partial charge in [0, 0.05) is 11.6 Å². The Labute approximate surface area is 113 Å². The number of aldehydes is 1. The Balaban J connectivity index is 2.60. The molecular weight excluding hydrogens is 311 g/mol. The normalized spacial score (nSPS) is 10.3. The van der Waals surface area contributed by atoms with E-state index in [9.17, 15) is 4.79 Å². The van der Waals surface area contributed by atoms with Crippen LogP contribution in [0.5, 0.6) is 5.75 Å². The first kappa shape index (κ1) is 14.4. The maximum atomic E-state index is 10.8. The van der Waals surface area contributed by atoms with Crippen molar-refractivity contribution in [1.29, 1.82) is 0 Å². The molecule has 0 radical (unpaired) electrons. The average molecular weight is 324 g/mol. The van der Waals surface area contributed by atoms with Crippen LogP contribution in [-0.2, 0) is 9.47 Å². The van der Waals surface area contributed by atoms with Crippen LogP contribution in [0.2, 0.25) is 5.02 Å². The minimum atomic E-state index is 0.0194. The maximum absolute atomic E-state index is 10.8. The van der Waals surface area contributed by atoms with E-state index >= 15 is 0 Å². The minimum Gasteiger partial charge on any atom is -0.465 e. The van der Waals surface area contributed by atoms with Crippen molar-refractivity contribution < 1.29 is 19.0 Å². The number of benzene rings is 1. The average Bonchev–Trinajstić information content (AvgIpc) is 2.30. The lowest BCUT2D eigenvalue weighted by Crippen LogP contribution is -2.09. The quantitative estimate of drug-likeness (QED) is 0.440. The molecule has 0 spiro atoms. The highest BCUT2D eigenvalue weighted by Gasteiger charge is 2.09. The number of carbonyl (C=O) groups excluding carboxylic acids is 1. The van der Waals surface area contributed by atoms with Crippen molar-refractivity contribution in [1.82, 2.24) is 0 Å². The zero-order valence-corrected chi connectivity index (χ0v) is 11.6. The summed E-state index contributed by atoms with van der Waals surface area (Å²) in [7, 11) is 1.58. The van der Waals surface area contributed by atoms with E-state index in [0.717, 1.165) is 4.47 Å². The van der Waals surface area contributed by atoms with E-state index < -0.39 is 0 Å². The molecule has 0 amide bonds. The molecule has 0 aliphatic rings. The molecule has 1 rings (SSSR count). The number of halogens is 2. The van der Waals surface area contributed by atoms with Crippen LogP contribution in [0, 0.1) is 0 Å². The first-order chi connectivity index (χ1) is 8.19. The van der Waals surface area contributed by atoms with Gasteiger partial charge in [-0.3, -0.25) is 4.79 Å². The lowest BCUT2D eigenvalue weighted by molar-refractivity contribution is -0.00863. The Morgan fingerprint density at radius 1 is 1.41 bits per heavy atom. The summed E-state index contributed by atoms with van der Waals surface area (Å²) < 4.78 is 16.0. The van der Waals surface area contributed by atoms with Gasteiger partial charge < -0.3 is 14.2 Å². The molecule has 0 fully saturated rings. The highest BCUT2D eigenvalue weighted by molar-refractivity contribution is 9.10. The number of ether oxygens (including phenoxy) is 3. The highest BCUT2D eigenvalue weighted by Crippen LogP contribution is 2.31. The highest BCUT2D eigenvalue weighted by atomic mass is 79.9. The molecule has 0 aliphatic heterocycles. The van der Waals surface area contributed by atoms with Gasteiger partial charge in [0.25, 0.3) is 0 Å². The zero-order valence-electron chi connectivity index (χ0n) is 9.24. The van der Waals surface area contributed by atoms with Crippen LogP contribution in [0.1, 0.15) is 10.4 Å². The van der Waals surface area contributed by atoms with Crippen LogP contribution in [0.3, 0.4) is 0 Å². The van der Waals surface area contributed by atoms with Gasteiger partial charge in [-0.15, -0.1) is 0 Å². The van der Waals surface area contributed by atoms with Gasteiger partial charge in [-0.2, -0.15) is 0 Å². The summed E-state index contributed by atoms with van der Waals surface area (Å²) in [6.07, 6.45) is 0.682. The van der Waals surface area contributed by atoms with Crippen molar-refractivity contribution in [3.8, 4) is 5.75 Å². The second kappa shape index (κ2) is 7.66. The van der Waals surface area contributed by atoms with Crippen molar-refractivity contribution in [3.05, 3.63) is 27.2 Å². The molecule has 0 aromatic heterocycles. The molecule has 0 unspecified atom stereocenters. The number of hydrogen-bond acceptors (Lipinski definition) is 4. The van der Waals surface area contributed by atoms with Gasteiger partial charge >= 0.3 is 0 Å². The number of carbonyl (C=O) groups is 1. The van der Waals surface area contributed by atoms with E-state index in [4.69, 9.17) is 25.8 Å². The third-order valence-electron chi connectivity index (χ3n) is 1.88. The molecular formula is C11H12BrClO4. The Morgan fingerprint density at radius 2 is 2.18 bits per heavy atom. The van der Waals surface area contributed by atoms with Crippen LogP contribution in [0.4, 0.5) is 0 Å². The topological polar surface area (TPSA) is 44.8 Å². The Bertz CT molecular complexity index is 384. The van der Waals surface area contributed by atoms with Crippen molar-refractivity contribution in [2.24, 2.45) is 0 Å². The lowest BCUT2D eigenvalue weighted by Gasteiger charge is -2.11. The molecule has 4 nitrogen and oxygen atoms in total. The van der Waals surface area contributed by atoms with E-state index in [-0.39, 0.29) is 6.79 Å². The molecule has 0 saturated heterocycles. The summed E-state index contributed by atoms with van der Waals surface area (Å²) in [6.45, 7) is 0.921. The van der Waals surface area contributed by atoms with Gasteiger partial charge in [0.15, 0.2) is 18.8 Å². The van der Waals surface area contributed by atoms with Gasteiger partial charge in [0.1, 0.15) is 0 Å². The monoisotopic (exact) mass is 322 g/mol. The Kier molecular flexibility index (Phi) is 6.50. The zero-order chi connectivity index (χ0) is 12.7. The third kappa shape index (κ3) is 4.63. The van der Waals surface area contributed by atoms with Crippen molar-refractivity contribution in [3.63, 3.8) is 0 Å². The fourth-order valence-corrected chi connectivity index (χ4v) is 2.01. The lowest BCUT2D eigenvalue weighted by atomic mass is 10.2. The van der Waals surface area contributed by atoms with Gasteiger partial charge in [0.05, 0.1) is 23.8 Å². The van der Waals surface area contributed by atoms with Crippen molar-refractivity contribution in [2.75, 3.05) is 27.1 Å². The second-order valence-corrected chi connectivity index (χ2v) is 4.41. The number of rotatable bonds is 7. The molecule has 1 aromatic rings. The second-order valence-electron chi connectivity index (χ2n) is 3.09. The molecule has 94 valence electrons. The van der Waals surface area contributed by atoms with Crippen LogP contribution in [0.25, 0.3) is 0 Å². The molecule has 0 heterocycles. The number of hydrogen-bond donors (Lipinski definition) is 0. The molecule has 0 saturated carbocycles. The minimum absolute atomic E-state index is 0.0194. The Morgan fingerprint density at radius 3 is 2.82 bits per heavy atom. The van der Waals surface area contributed by atoms with Crippen LogP contribution in [0.15, 0.2) is 16.6 Å². The third-order valence-corrected chi connectivity index (χ3v) is 2.62. The van der Waals surface area contributed by atoms with E-state index in [0.29, 0.717) is 35.8 Å². The largest absolute Gasteiger partial charge is 0.465 e. The first-order valence-electron chi connectivity index (χ1n) is 4.82. The summed E-state index contributed by atoms with van der Waals surface area (Å²) in [5.74, 6) is 0.322. The first-order valence-corrected chi connectivity index (χ1v) is 6.00. The van der Waals surface area contributed by atoms with Crippen LogP contribution in [-0.4, -0.2) is 33.4 Å². The van der Waals surface area contributed by atoms with Gasteiger partial charge in [-0.05, 0) is 12.1 Å². The smallest absolute Gasteiger partial charge is 0.189 e. The summed E-state index contributed by atoms with van der Waals surface area (Å²) in [5.41, 5.74) is 0.375. The Hall–Kier alpha value is -0.620. The van der Waals surface area contributed by atoms with E-state index in [1.807, 2.05) is 0 Å². The predicted octanol–water partition coefficient (Wildman–Crippen LogP) is 2.91. The fourth-order valence-electron chi connectivity index (χ4n) is 1.12. The van der Waals surface area contributed by atoms with E-state index in [1.54, 1.807) is 19.2 Å². The van der Waals surface area contributed by atoms with E-state index in [2.05, 4.69) is 15.9 Å². The molecule has 0 atom stereocenters. The van der Waals surface area contributed by atoms with Gasteiger partial charge in [0.2, 0.25) is 0 Å². The predicted molar refractivity (Wildman–Crippen MR) is 67.9 cm³/mol. The summed E-state index contributed by atoms with van der Waals surface area (Å²) in [5, 5.41) is 0.358. The number of methoxy groups -OCH3 is 1. The van der Waals surface area contributed by atoms with Gasteiger partial charge in [-0.1, -0.05) is 27.5 Å². The molecule has 0 bridgehead atoms.